The van der Waals surface area contributed by atoms with Crippen LogP contribution in [0.15, 0.2) is 29.8 Å². The van der Waals surface area contributed by atoms with Crippen molar-refractivity contribution >= 4 is 11.9 Å². The maximum Gasteiger partial charge on any atom is 0.155 e. The number of carbonyl (C=O) groups is 1. The lowest BCUT2D eigenvalue weighted by Gasteiger charge is -1.97. The molecule has 1 nitrogen and oxygen atoms in total. The third-order valence-corrected chi connectivity index (χ3v) is 2.02. The molecule has 0 atom stereocenters. The minimum Gasteiger partial charge on any atom is -0.295 e. The van der Waals surface area contributed by atoms with E-state index in [0.717, 1.165) is 11.1 Å². The second kappa shape index (κ2) is 4.04. The molecule has 0 aliphatic rings. The summed E-state index contributed by atoms with van der Waals surface area (Å²) in [5, 5.41) is 0. The highest BCUT2D eigenvalue weighted by Gasteiger charge is 1.95. The molecule has 0 spiro atoms. The van der Waals surface area contributed by atoms with Crippen molar-refractivity contribution < 1.29 is 4.79 Å². The molecule has 0 aliphatic heterocycles. The zero-order chi connectivity index (χ0) is 9.84. The highest BCUT2D eigenvalue weighted by molar-refractivity contribution is 5.97. The van der Waals surface area contributed by atoms with E-state index < -0.39 is 0 Å². The topological polar surface area (TPSA) is 17.1 Å². The molecule has 0 amide bonds. The summed E-state index contributed by atoms with van der Waals surface area (Å²) in [5.74, 6) is 0.126. The zero-order valence-electron chi connectivity index (χ0n) is 8.29. The van der Waals surface area contributed by atoms with Crippen LogP contribution in [0.25, 0.3) is 6.08 Å². The average molecular weight is 174 g/mol. The van der Waals surface area contributed by atoms with Crippen molar-refractivity contribution in [3.05, 3.63) is 41.0 Å². The van der Waals surface area contributed by atoms with Crippen LogP contribution in [0, 0.1) is 6.92 Å². The number of benzene rings is 1. The standard InChI is InChI=1S/C12H14O/c1-9-4-6-12(7-5-9)8-10(2)11(3)13/h4-8H,1-3H3. The van der Waals surface area contributed by atoms with Gasteiger partial charge in [0.05, 0.1) is 0 Å². The molecule has 0 heterocycles. The van der Waals surface area contributed by atoms with Crippen molar-refractivity contribution in [2.75, 3.05) is 0 Å². The zero-order valence-corrected chi connectivity index (χ0v) is 8.29. The lowest BCUT2D eigenvalue weighted by Crippen LogP contribution is -1.90. The molecule has 0 saturated carbocycles. The van der Waals surface area contributed by atoms with Crippen LogP contribution >= 0.6 is 0 Å². The summed E-state index contributed by atoms with van der Waals surface area (Å²) in [5.41, 5.74) is 3.11. The van der Waals surface area contributed by atoms with E-state index in [9.17, 15) is 4.79 Å². The second-order valence-electron chi connectivity index (χ2n) is 3.29. The molecule has 68 valence electrons. The van der Waals surface area contributed by atoms with Crippen LogP contribution in [0.5, 0.6) is 0 Å². The quantitative estimate of drug-likeness (QED) is 0.630. The molecule has 0 fully saturated rings. The van der Waals surface area contributed by atoms with E-state index >= 15 is 0 Å². The van der Waals surface area contributed by atoms with Crippen LogP contribution in [0.2, 0.25) is 0 Å². The number of ketones is 1. The first-order valence-corrected chi connectivity index (χ1v) is 4.35. The van der Waals surface area contributed by atoms with Crippen LogP contribution in [-0.2, 0) is 4.79 Å². The van der Waals surface area contributed by atoms with Gasteiger partial charge in [0.25, 0.3) is 0 Å². The van der Waals surface area contributed by atoms with Gasteiger partial charge in [0.1, 0.15) is 0 Å². The Hall–Kier alpha value is -1.37. The maximum atomic E-state index is 10.9. The number of allylic oxidation sites excluding steroid dienone is 1. The van der Waals surface area contributed by atoms with Gasteiger partial charge in [0, 0.05) is 0 Å². The molecular weight excluding hydrogens is 160 g/mol. The molecule has 0 N–H and O–H groups in total. The van der Waals surface area contributed by atoms with E-state index in [0.29, 0.717) is 0 Å². The molecule has 0 bridgehead atoms. The number of rotatable bonds is 2. The molecule has 1 heteroatoms. The predicted octanol–water partition coefficient (Wildman–Crippen LogP) is 2.99. The van der Waals surface area contributed by atoms with Crippen molar-refractivity contribution in [3.8, 4) is 0 Å². The third kappa shape index (κ3) is 2.86. The fourth-order valence-electron chi connectivity index (χ4n) is 1.01. The Morgan fingerprint density at radius 1 is 1.15 bits per heavy atom. The maximum absolute atomic E-state index is 10.9. The van der Waals surface area contributed by atoms with E-state index in [1.54, 1.807) is 6.92 Å². The minimum atomic E-state index is 0.126. The highest BCUT2D eigenvalue weighted by atomic mass is 16.1. The van der Waals surface area contributed by atoms with Gasteiger partial charge in [-0.15, -0.1) is 0 Å². The predicted molar refractivity (Wildman–Crippen MR) is 55.5 cm³/mol. The summed E-state index contributed by atoms with van der Waals surface area (Å²) in [6.07, 6.45) is 1.90. The van der Waals surface area contributed by atoms with Crippen LogP contribution in [-0.4, -0.2) is 5.78 Å². The molecule has 1 aromatic carbocycles. The molecule has 0 saturated heterocycles. The fraction of sp³-hybridized carbons (Fsp3) is 0.250. The van der Waals surface area contributed by atoms with E-state index in [1.165, 1.54) is 5.56 Å². The average Bonchev–Trinajstić information content (AvgIpc) is 2.08. The molecular formula is C12H14O. The van der Waals surface area contributed by atoms with E-state index in [1.807, 2.05) is 44.2 Å². The van der Waals surface area contributed by atoms with Crippen LogP contribution in [0.4, 0.5) is 0 Å². The van der Waals surface area contributed by atoms with Crippen molar-refractivity contribution in [1.29, 1.82) is 0 Å². The van der Waals surface area contributed by atoms with Gasteiger partial charge >= 0.3 is 0 Å². The van der Waals surface area contributed by atoms with Gasteiger partial charge in [0.2, 0.25) is 0 Å². The monoisotopic (exact) mass is 174 g/mol. The molecule has 0 radical (unpaired) electrons. The number of hydrogen-bond donors (Lipinski definition) is 0. The molecule has 0 unspecified atom stereocenters. The number of carbonyl (C=O) groups excluding carboxylic acids is 1. The van der Waals surface area contributed by atoms with Crippen LogP contribution in [0.3, 0.4) is 0 Å². The summed E-state index contributed by atoms with van der Waals surface area (Å²) >= 11 is 0. The first-order chi connectivity index (χ1) is 6.09. The Labute approximate surface area is 79.1 Å². The van der Waals surface area contributed by atoms with Crippen molar-refractivity contribution in [1.82, 2.24) is 0 Å². The SMILES string of the molecule is CC(=O)C(C)=Cc1ccc(C)cc1. The number of aryl methyl sites for hydroxylation is 1. The molecule has 13 heavy (non-hydrogen) atoms. The summed E-state index contributed by atoms with van der Waals surface area (Å²) in [6.45, 7) is 5.47. The van der Waals surface area contributed by atoms with Gasteiger partial charge in [-0.2, -0.15) is 0 Å². The van der Waals surface area contributed by atoms with E-state index in [-0.39, 0.29) is 5.78 Å². The van der Waals surface area contributed by atoms with Gasteiger partial charge in [-0.05, 0) is 38.0 Å². The Morgan fingerprint density at radius 3 is 2.15 bits per heavy atom. The Morgan fingerprint density at radius 2 is 1.69 bits per heavy atom. The fourth-order valence-corrected chi connectivity index (χ4v) is 1.01. The third-order valence-electron chi connectivity index (χ3n) is 2.02. The van der Waals surface area contributed by atoms with Gasteiger partial charge in [-0.3, -0.25) is 4.79 Å². The van der Waals surface area contributed by atoms with E-state index in [2.05, 4.69) is 0 Å². The first-order valence-electron chi connectivity index (χ1n) is 4.35. The minimum absolute atomic E-state index is 0.126. The van der Waals surface area contributed by atoms with Gasteiger partial charge in [0.15, 0.2) is 5.78 Å². The largest absolute Gasteiger partial charge is 0.295 e. The Bertz CT molecular complexity index is 331. The summed E-state index contributed by atoms with van der Waals surface area (Å²) in [6, 6.07) is 8.11. The van der Waals surface area contributed by atoms with Crippen molar-refractivity contribution in [3.63, 3.8) is 0 Å². The molecule has 0 aromatic heterocycles. The normalized spacial score (nSPS) is 11.5. The summed E-state index contributed by atoms with van der Waals surface area (Å²) in [7, 11) is 0. The van der Waals surface area contributed by atoms with Crippen LogP contribution in [0.1, 0.15) is 25.0 Å². The Kier molecular flexibility index (Phi) is 3.02. The van der Waals surface area contributed by atoms with Crippen molar-refractivity contribution in [2.45, 2.75) is 20.8 Å². The number of Topliss-reactive ketones (excluding diaryl/α,β-unsaturated/α-hetero) is 1. The highest BCUT2D eigenvalue weighted by Crippen LogP contribution is 2.08. The van der Waals surface area contributed by atoms with Gasteiger partial charge in [-0.25, -0.2) is 0 Å². The second-order valence-corrected chi connectivity index (χ2v) is 3.29. The lowest BCUT2D eigenvalue weighted by molar-refractivity contribution is -0.113. The van der Waals surface area contributed by atoms with Gasteiger partial charge in [-0.1, -0.05) is 29.8 Å². The van der Waals surface area contributed by atoms with E-state index in [4.69, 9.17) is 0 Å². The molecule has 0 aliphatic carbocycles. The summed E-state index contributed by atoms with van der Waals surface area (Å²) in [4.78, 5) is 10.9. The number of hydrogen-bond acceptors (Lipinski definition) is 1. The molecule has 1 aromatic rings. The first kappa shape index (κ1) is 9.72. The smallest absolute Gasteiger partial charge is 0.155 e. The summed E-state index contributed by atoms with van der Waals surface area (Å²) < 4.78 is 0. The van der Waals surface area contributed by atoms with Gasteiger partial charge < -0.3 is 0 Å². The lowest BCUT2D eigenvalue weighted by atomic mass is 10.1. The van der Waals surface area contributed by atoms with Crippen molar-refractivity contribution in [2.24, 2.45) is 0 Å². The van der Waals surface area contributed by atoms with Crippen LogP contribution < -0.4 is 0 Å². The Balaban J connectivity index is 2.92. The molecule has 1 rings (SSSR count).